The van der Waals surface area contributed by atoms with Crippen LogP contribution in [-0.4, -0.2) is 39.0 Å². The number of carbonyl (C=O) groups excluding carboxylic acids is 1. The Hall–Kier alpha value is -2.07. The molecule has 0 saturated heterocycles. The predicted octanol–water partition coefficient (Wildman–Crippen LogP) is 0.486. The second kappa shape index (κ2) is 6.91. The molecule has 1 N–H and O–H groups in total. The summed E-state index contributed by atoms with van der Waals surface area (Å²) in [6, 6.07) is 8.02. The smallest absolute Gasteiger partial charge is 0.258 e. The fourth-order valence-corrected chi connectivity index (χ4v) is 2.63. The Bertz CT molecular complexity index is 620. The van der Waals surface area contributed by atoms with E-state index in [1.165, 1.54) is 0 Å². The molecule has 7 heteroatoms. The first kappa shape index (κ1) is 16.0. The SMILES string of the molecule is CC(CS(C)(=O)=O)NC(=O)COc1ccccc1C#N. The minimum Gasteiger partial charge on any atom is -0.482 e. The summed E-state index contributed by atoms with van der Waals surface area (Å²) in [5.41, 5.74) is 0.337. The zero-order valence-electron chi connectivity index (χ0n) is 11.3. The van der Waals surface area contributed by atoms with Crippen LogP contribution < -0.4 is 10.1 Å². The third kappa shape index (κ3) is 5.71. The maximum Gasteiger partial charge on any atom is 0.258 e. The summed E-state index contributed by atoms with van der Waals surface area (Å²) in [6.07, 6.45) is 1.11. The molecule has 0 aliphatic rings. The molecule has 0 bridgehead atoms. The Morgan fingerprint density at radius 1 is 1.45 bits per heavy atom. The van der Waals surface area contributed by atoms with E-state index in [2.05, 4.69) is 5.32 Å². The first-order valence-corrected chi connectivity index (χ1v) is 7.97. The summed E-state index contributed by atoms with van der Waals surface area (Å²) in [7, 11) is -3.15. The van der Waals surface area contributed by atoms with E-state index in [9.17, 15) is 13.2 Å². The van der Waals surface area contributed by atoms with Gasteiger partial charge in [0.2, 0.25) is 0 Å². The van der Waals surface area contributed by atoms with Crippen molar-refractivity contribution in [1.82, 2.24) is 5.32 Å². The molecule has 0 aromatic heterocycles. The number of ether oxygens (including phenoxy) is 1. The molecule has 1 amide bonds. The van der Waals surface area contributed by atoms with E-state index >= 15 is 0 Å². The molecular formula is C13H16N2O4S. The molecule has 108 valence electrons. The van der Waals surface area contributed by atoms with E-state index in [0.29, 0.717) is 11.3 Å². The van der Waals surface area contributed by atoms with Crippen LogP contribution in [0.4, 0.5) is 0 Å². The number of hydrogen-bond donors (Lipinski definition) is 1. The molecule has 0 radical (unpaired) electrons. The van der Waals surface area contributed by atoms with Crippen LogP contribution in [0.15, 0.2) is 24.3 Å². The molecule has 1 atom stereocenters. The first-order valence-electron chi connectivity index (χ1n) is 5.91. The zero-order chi connectivity index (χ0) is 15.2. The van der Waals surface area contributed by atoms with Crippen LogP contribution in [0.1, 0.15) is 12.5 Å². The second-order valence-corrected chi connectivity index (χ2v) is 6.64. The minimum absolute atomic E-state index is 0.131. The van der Waals surface area contributed by atoms with Gasteiger partial charge in [0.15, 0.2) is 6.61 Å². The van der Waals surface area contributed by atoms with Gasteiger partial charge in [-0.15, -0.1) is 0 Å². The van der Waals surface area contributed by atoms with Gasteiger partial charge in [-0.2, -0.15) is 5.26 Å². The molecule has 0 aliphatic carbocycles. The fourth-order valence-electron chi connectivity index (χ4n) is 1.64. The van der Waals surface area contributed by atoms with E-state index in [1.54, 1.807) is 31.2 Å². The topological polar surface area (TPSA) is 96.3 Å². The number of benzene rings is 1. The summed E-state index contributed by atoms with van der Waals surface area (Å²) in [5.74, 6) is -0.247. The lowest BCUT2D eigenvalue weighted by atomic mass is 10.2. The van der Waals surface area contributed by atoms with Crippen molar-refractivity contribution in [2.45, 2.75) is 13.0 Å². The Morgan fingerprint density at radius 2 is 2.10 bits per heavy atom. The number of rotatable bonds is 6. The average Bonchev–Trinajstić information content (AvgIpc) is 2.34. The molecule has 0 aliphatic heterocycles. The van der Waals surface area contributed by atoms with E-state index in [0.717, 1.165) is 6.26 Å². The van der Waals surface area contributed by atoms with E-state index in [4.69, 9.17) is 10.00 Å². The van der Waals surface area contributed by atoms with Crippen LogP contribution in [0.5, 0.6) is 5.75 Å². The van der Waals surface area contributed by atoms with Crippen molar-refractivity contribution >= 4 is 15.7 Å². The molecule has 1 unspecified atom stereocenters. The molecular weight excluding hydrogens is 280 g/mol. The summed E-state index contributed by atoms with van der Waals surface area (Å²) in [6.45, 7) is 1.33. The van der Waals surface area contributed by atoms with Crippen LogP contribution in [0.25, 0.3) is 0 Å². The molecule has 0 spiro atoms. The highest BCUT2D eigenvalue weighted by atomic mass is 32.2. The lowest BCUT2D eigenvalue weighted by Gasteiger charge is -2.13. The fraction of sp³-hybridized carbons (Fsp3) is 0.385. The van der Waals surface area contributed by atoms with Gasteiger partial charge in [0, 0.05) is 12.3 Å². The predicted molar refractivity (Wildman–Crippen MR) is 74.0 cm³/mol. The highest BCUT2D eigenvalue weighted by Gasteiger charge is 2.13. The monoisotopic (exact) mass is 296 g/mol. The largest absolute Gasteiger partial charge is 0.482 e. The summed E-state index contributed by atoms with van der Waals surface area (Å²) >= 11 is 0. The average molecular weight is 296 g/mol. The van der Waals surface area contributed by atoms with Crippen molar-refractivity contribution < 1.29 is 17.9 Å². The van der Waals surface area contributed by atoms with Crippen molar-refractivity contribution in [3.8, 4) is 11.8 Å². The quantitative estimate of drug-likeness (QED) is 0.824. The maximum atomic E-state index is 11.6. The number of amides is 1. The Kier molecular flexibility index (Phi) is 5.53. The summed E-state index contributed by atoms with van der Waals surface area (Å²) in [4.78, 5) is 11.6. The molecule has 0 saturated carbocycles. The summed E-state index contributed by atoms with van der Waals surface area (Å²) in [5, 5.41) is 11.4. The number of nitrogens with one attached hydrogen (secondary N) is 1. The van der Waals surface area contributed by atoms with Gasteiger partial charge in [-0.3, -0.25) is 4.79 Å². The first-order chi connectivity index (χ1) is 9.31. The van der Waals surface area contributed by atoms with E-state index in [-0.39, 0.29) is 12.4 Å². The molecule has 6 nitrogen and oxygen atoms in total. The minimum atomic E-state index is -3.15. The number of para-hydroxylation sites is 1. The van der Waals surface area contributed by atoms with Crippen molar-refractivity contribution in [2.24, 2.45) is 0 Å². The second-order valence-electron chi connectivity index (χ2n) is 4.46. The lowest BCUT2D eigenvalue weighted by Crippen LogP contribution is -2.39. The van der Waals surface area contributed by atoms with Crippen LogP contribution in [-0.2, 0) is 14.6 Å². The van der Waals surface area contributed by atoms with E-state index < -0.39 is 21.8 Å². The molecule has 1 aromatic carbocycles. The van der Waals surface area contributed by atoms with Crippen molar-refractivity contribution in [3.05, 3.63) is 29.8 Å². The number of sulfone groups is 1. The van der Waals surface area contributed by atoms with E-state index in [1.807, 2.05) is 6.07 Å². The van der Waals surface area contributed by atoms with Gasteiger partial charge in [0.05, 0.1) is 11.3 Å². The number of hydrogen-bond acceptors (Lipinski definition) is 5. The highest BCUT2D eigenvalue weighted by molar-refractivity contribution is 7.90. The normalized spacial score (nSPS) is 12.2. The van der Waals surface area contributed by atoms with Crippen LogP contribution in [0, 0.1) is 11.3 Å². The van der Waals surface area contributed by atoms with Gasteiger partial charge in [-0.25, -0.2) is 8.42 Å². The number of carbonyl (C=O) groups is 1. The third-order valence-corrected chi connectivity index (χ3v) is 3.43. The Labute approximate surface area is 118 Å². The van der Waals surface area contributed by atoms with Gasteiger partial charge in [-0.1, -0.05) is 12.1 Å². The standard InChI is InChI=1S/C13H16N2O4S/c1-10(9-20(2,17)18)15-13(16)8-19-12-6-4-3-5-11(12)7-14/h3-6,10H,8-9H2,1-2H3,(H,15,16). The summed E-state index contributed by atoms with van der Waals surface area (Å²) < 4.78 is 27.4. The van der Waals surface area contributed by atoms with Crippen molar-refractivity contribution in [2.75, 3.05) is 18.6 Å². The van der Waals surface area contributed by atoms with Crippen LogP contribution >= 0.6 is 0 Å². The van der Waals surface area contributed by atoms with Crippen molar-refractivity contribution in [3.63, 3.8) is 0 Å². The van der Waals surface area contributed by atoms with Crippen LogP contribution in [0.3, 0.4) is 0 Å². The Balaban J connectivity index is 2.50. The molecule has 0 fully saturated rings. The van der Waals surface area contributed by atoms with Gasteiger partial charge >= 0.3 is 0 Å². The molecule has 1 aromatic rings. The van der Waals surface area contributed by atoms with Gasteiger partial charge in [0.1, 0.15) is 21.7 Å². The molecule has 20 heavy (non-hydrogen) atoms. The van der Waals surface area contributed by atoms with Gasteiger partial charge < -0.3 is 10.1 Å². The van der Waals surface area contributed by atoms with Gasteiger partial charge in [-0.05, 0) is 19.1 Å². The maximum absolute atomic E-state index is 11.6. The molecule has 1 rings (SSSR count). The van der Waals surface area contributed by atoms with Crippen molar-refractivity contribution in [1.29, 1.82) is 5.26 Å². The zero-order valence-corrected chi connectivity index (χ0v) is 12.1. The number of nitrogens with zero attached hydrogens (tertiary/aromatic N) is 1. The Morgan fingerprint density at radius 3 is 2.70 bits per heavy atom. The number of nitriles is 1. The van der Waals surface area contributed by atoms with Gasteiger partial charge in [0.25, 0.3) is 5.91 Å². The molecule has 0 heterocycles. The lowest BCUT2D eigenvalue weighted by molar-refractivity contribution is -0.123. The third-order valence-electron chi connectivity index (χ3n) is 2.33. The van der Waals surface area contributed by atoms with Crippen LogP contribution in [0.2, 0.25) is 0 Å². The highest BCUT2D eigenvalue weighted by Crippen LogP contribution is 2.16.